The van der Waals surface area contributed by atoms with E-state index in [1.54, 1.807) is 0 Å². The Labute approximate surface area is 128 Å². The van der Waals surface area contributed by atoms with Crippen LogP contribution in [0.5, 0.6) is 0 Å². The molecule has 0 bridgehead atoms. The molecule has 0 heterocycles. The smallest absolute Gasteiger partial charge is 0.209 e. The fraction of sp³-hybridized carbons (Fsp3) is 0.400. The first-order valence-corrected chi connectivity index (χ1v) is 8.23. The minimum absolute atomic E-state index is 0.0687. The maximum absolute atomic E-state index is 12.4. The Hall–Kier alpha value is 0.0500. The van der Waals surface area contributed by atoms with Crippen LogP contribution in [0, 0.1) is 0 Å². The van der Waals surface area contributed by atoms with Crippen LogP contribution in [0.25, 0.3) is 0 Å². The summed E-state index contributed by atoms with van der Waals surface area (Å²) in [5.41, 5.74) is 0. The molecule has 0 fully saturated rings. The molecule has 0 radical (unpaired) electrons. The molecule has 0 atom stereocenters. The lowest BCUT2D eigenvalue weighted by Gasteiger charge is -2.21. The first-order chi connectivity index (χ1) is 8.78. The van der Waals surface area contributed by atoms with Crippen LogP contribution in [0.2, 0.25) is 5.02 Å². The number of hydrogen-bond acceptors (Lipinski definition) is 2. The molecule has 0 aliphatic rings. The van der Waals surface area contributed by atoms with Crippen molar-refractivity contribution in [3.8, 4) is 0 Å². The molecule has 0 aromatic heterocycles. The summed E-state index contributed by atoms with van der Waals surface area (Å²) in [5.74, 6) is -0.0687. The van der Waals surface area contributed by atoms with Gasteiger partial charge in [0.2, 0.25) is 10.0 Å². The van der Waals surface area contributed by atoms with E-state index in [4.69, 9.17) is 23.2 Å². The average Bonchev–Trinajstić information content (AvgIpc) is 2.31. The fourth-order valence-electron chi connectivity index (χ4n) is 1.34. The van der Waals surface area contributed by atoms with E-state index in [1.807, 2.05) is 0 Å². The van der Waals surface area contributed by atoms with Crippen LogP contribution in [0.4, 0.5) is 8.78 Å². The molecule has 0 aliphatic carbocycles. The summed E-state index contributed by atoms with van der Waals surface area (Å²) in [4.78, 5) is -0.116. The monoisotopic (exact) mass is 395 g/mol. The van der Waals surface area contributed by atoms with Gasteiger partial charge in [0.1, 0.15) is 0 Å². The molecule has 108 valence electrons. The van der Waals surface area contributed by atoms with Crippen molar-refractivity contribution in [3.63, 3.8) is 0 Å². The summed E-state index contributed by atoms with van der Waals surface area (Å²) in [6, 6.07) is 3.90. The number of hydrogen-bond donors (Lipinski definition) is 0. The second-order valence-electron chi connectivity index (χ2n) is 3.52. The highest BCUT2D eigenvalue weighted by Gasteiger charge is 2.27. The van der Waals surface area contributed by atoms with E-state index in [2.05, 4.69) is 15.9 Å². The third-order valence-corrected chi connectivity index (χ3v) is 5.45. The van der Waals surface area contributed by atoms with Crippen LogP contribution < -0.4 is 0 Å². The molecule has 1 rings (SSSR count). The summed E-state index contributed by atoms with van der Waals surface area (Å²) in [6.45, 7) is -1.08. The number of halogens is 5. The fourth-order valence-corrected chi connectivity index (χ4v) is 3.74. The molecule has 0 aliphatic heterocycles. The predicted molar refractivity (Wildman–Crippen MR) is 74.6 cm³/mol. The Bertz CT molecular complexity index is 542. The zero-order chi connectivity index (χ0) is 14.6. The first kappa shape index (κ1) is 17.1. The van der Waals surface area contributed by atoms with Crippen molar-refractivity contribution in [2.24, 2.45) is 0 Å². The van der Waals surface area contributed by atoms with Crippen molar-refractivity contribution in [1.82, 2.24) is 4.31 Å². The molecule has 0 N–H and O–H groups in total. The van der Waals surface area contributed by atoms with Gasteiger partial charge in [-0.15, -0.1) is 11.6 Å². The van der Waals surface area contributed by atoms with Crippen LogP contribution in [-0.2, 0) is 10.0 Å². The highest BCUT2D eigenvalue weighted by molar-refractivity contribution is 9.10. The molecular formula is C10H10BrCl2F2NO2S. The number of alkyl halides is 3. The summed E-state index contributed by atoms with van der Waals surface area (Å²) in [7, 11) is -4.02. The SMILES string of the molecule is O=S(=O)(c1ccc(Cl)c(Br)c1)N(CCCl)CC(F)F. The van der Waals surface area contributed by atoms with Gasteiger partial charge in [0.25, 0.3) is 6.43 Å². The second kappa shape index (κ2) is 7.17. The van der Waals surface area contributed by atoms with Crippen molar-refractivity contribution in [2.75, 3.05) is 19.0 Å². The van der Waals surface area contributed by atoms with E-state index >= 15 is 0 Å². The first-order valence-electron chi connectivity index (χ1n) is 5.08. The largest absolute Gasteiger partial charge is 0.252 e. The Morgan fingerprint density at radius 1 is 1.37 bits per heavy atom. The molecule has 1 aromatic rings. The zero-order valence-corrected chi connectivity index (χ0v) is 13.4. The second-order valence-corrected chi connectivity index (χ2v) is 7.10. The Morgan fingerprint density at radius 2 is 2.00 bits per heavy atom. The standard InChI is InChI=1S/C10H10BrCl2F2NO2S/c11-8-5-7(1-2-9(8)13)19(17,18)16(4-3-12)6-10(14)15/h1-2,5,10H,3-4,6H2. The van der Waals surface area contributed by atoms with Gasteiger partial charge in [-0.05, 0) is 34.1 Å². The highest BCUT2D eigenvalue weighted by atomic mass is 79.9. The van der Waals surface area contributed by atoms with Crippen LogP contribution in [-0.4, -0.2) is 38.1 Å². The molecule has 1 aromatic carbocycles. The van der Waals surface area contributed by atoms with Crippen molar-refractivity contribution < 1.29 is 17.2 Å². The predicted octanol–water partition coefficient (Wildman–Crippen LogP) is 3.60. The lowest BCUT2D eigenvalue weighted by atomic mass is 10.4. The van der Waals surface area contributed by atoms with Crippen molar-refractivity contribution in [2.45, 2.75) is 11.3 Å². The Morgan fingerprint density at radius 3 is 2.47 bits per heavy atom. The zero-order valence-electron chi connectivity index (χ0n) is 9.49. The van der Waals surface area contributed by atoms with Gasteiger partial charge in [0, 0.05) is 16.9 Å². The molecule has 0 amide bonds. The van der Waals surface area contributed by atoms with E-state index in [0.29, 0.717) is 13.8 Å². The van der Waals surface area contributed by atoms with E-state index < -0.39 is 23.0 Å². The lowest BCUT2D eigenvalue weighted by Crippen LogP contribution is -2.36. The molecular weight excluding hydrogens is 387 g/mol. The molecule has 0 saturated heterocycles. The van der Waals surface area contributed by atoms with Gasteiger partial charge in [0.05, 0.1) is 16.5 Å². The molecule has 3 nitrogen and oxygen atoms in total. The maximum atomic E-state index is 12.4. The molecule has 9 heteroatoms. The van der Waals surface area contributed by atoms with Crippen molar-refractivity contribution in [3.05, 3.63) is 27.7 Å². The van der Waals surface area contributed by atoms with Gasteiger partial charge in [-0.3, -0.25) is 0 Å². The van der Waals surface area contributed by atoms with Crippen LogP contribution >= 0.6 is 39.1 Å². The molecule has 0 saturated carbocycles. The summed E-state index contributed by atoms with van der Waals surface area (Å²) in [6.07, 6.45) is -2.77. The summed E-state index contributed by atoms with van der Waals surface area (Å²) >= 11 is 14.3. The van der Waals surface area contributed by atoms with Crippen LogP contribution in [0.1, 0.15) is 0 Å². The Kier molecular flexibility index (Phi) is 6.46. The topological polar surface area (TPSA) is 37.4 Å². The lowest BCUT2D eigenvalue weighted by molar-refractivity contribution is 0.121. The van der Waals surface area contributed by atoms with Gasteiger partial charge in [-0.25, -0.2) is 17.2 Å². The molecule has 19 heavy (non-hydrogen) atoms. The average molecular weight is 397 g/mol. The summed E-state index contributed by atoms with van der Waals surface area (Å²) in [5, 5.41) is 0.330. The van der Waals surface area contributed by atoms with E-state index in [1.165, 1.54) is 18.2 Å². The third kappa shape index (κ3) is 4.53. The maximum Gasteiger partial charge on any atom is 0.252 e. The molecule has 0 spiro atoms. The number of benzene rings is 1. The van der Waals surface area contributed by atoms with Crippen LogP contribution in [0.3, 0.4) is 0 Å². The minimum Gasteiger partial charge on any atom is -0.209 e. The van der Waals surface area contributed by atoms with Gasteiger partial charge in [-0.2, -0.15) is 4.31 Å². The quantitative estimate of drug-likeness (QED) is 0.689. The van der Waals surface area contributed by atoms with Crippen molar-refractivity contribution in [1.29, 1.82) is 0 Å². The van der Waals surface area contributed by atoms with Crippen LogP contribution in [0.15, 0.2) is 27.6 Å². The van der Waals surface area contributed by atoms with Gasteiger partial charge >= 0.3 is 0 Å². The normalized spacial score (nSPS) is 12.4. The highest BCUT2D eigenvalue weighted by Crippen LogP contribution is 2.27. The Balaban J connectivity index is 3.14. The van der Waals surface area contributed by atoms with E-state index in [-0.39, 0.29) is 17.3 Å². The number of nitrogens with zero attached hydrogens (tertiary/aromatic N) is 1. The summed E-state index contributed by atoms with van der Waals surface area (Å²) < 4.78 is 50.2. The minimum atomic E-state index is -4.02. The number of rotatable bonds is 6. The third-order valence-electron chi connectivity index (χ3n) is 2.20. The van der Waals surface area contributed by atoms with Gasteiger partial charge in [0.15, 0.2) is 0 Å². The van der Waals surface area contributed by atoms with Crippen molar-refractivity contribution >= 4 is 49.2 Å². The van der Waals surface area contributed by atoms with E-state index in [0.717, 1.165) is 0 Å². The number of sulfonamides is 1. The molecule has 0 unspecified atom stereocenters. The van der Waals surface area contributed by atoms with E-state index in [9.17, 15) is 17.2 Å². The van der Waals surface area contributed by atoms with Gasteiger partial charge < -0.3 is 0 Å². The van der Waals surface area contributed by atoms with Gasteiger partial charge in [-0.1, -0.05) is 11.6 Å².